The van der Waals surface area contributed by atoms with E-state index in [0.717, 1.165) is 6.54 Å². The first kappa shape index (κ1) is 13.1. The van der Waals surface area contributed by atoms with Crippen molar-refractivity contribution in [3.8, 4) is 5.75 Å². The monoisotopic (exact) mass is 264 g/mol. The average Bonchev–Trinajstić information content (AvgIpc) is 2.93. The van der Waals surface area contributed by atoms with Crippen LogP contribution in [0.1, 0.15) is 12.8 Å². The third-order valence-corrected chi connectivity index (χ3v) is 2.39. The van der Waals surface area contributed by atoms with Crippen LogP contribution < -0.4 is 15.4 Å². The lowest BCUT2D eigenvalue weighted by Gasteiger charge is -2.12. The number of nitrogens with zero attached hydrogens (tertiary/aromatic N) is 4. The summed E-state index contributed by atoms with van der Waals surface area (Å²) in [5.74, 6) is 2.47. The zero-order valence-electron chi connectivity index (χ0n) is 10.9. The first-order chi connectivity index (χ1) is 9.35. The molecule has 0 atom stereocenters. The van der Waals surface area contributed by atoms with Crippen LogP contribution >= 0.6 is 0 Å². The van der Waals surface area contributed by atoms with Crippen molar-refractivity contribution in [3.63, 3.8) is 0 Å². The molecule has 0 saturated carbocycles. The molecule has 0 radical (unpaired) electrons. The van der Waals surface area contributed by atoms with Crippen molar-refractivity contribution in [2.24, 2.45) is 0 Å². The lowest BCUT2D eigenvalue weighted by molar-refractivity contribution is 0.379. The number of aromatic nitrogens is 4. The van der Waals surface area contributed by atoms with Gasteiger partial charge in [-0.25, -0.2) is 9.97 Å². The van der Waals surface area contributed by atoms with Crippen LogP contribution in [-0.4, -0.2) is 40.3 Å². The predicted molar refractivity (Wildman–Crippen MR) is 69.2 cm³/mol. The molecular weight excluding hydrogens is 248 g/mol. The Labute approximate surface area is 110 Å². The van der Waals surface area contributed by atoms with Gasteiger partial charge < -0.3 is 19.9 Å². The van der Waals surface area contributed by atoms with Gasteiger partial charge in [-0.1, -0.05) is 5.16 Å². The fraction of sp³-hybridized carbons (Fsp3) is 0.455. The van der Waals surface area contributed by atoms with E-state index in [1.807, 2.05) is 6.92 Å². The van der Waals surface area contributed by atoms with Gasteiger partial charge in [-0.3, -0.25) is 0 Å². The van der Waals surface area contributed by atoms with Crippen LogP contribution in [0.4, 0.5) is 11.6 Å². The minimum atomic E-state index is 0.576. The summed E-state index contributed by atoms with van der Waals surface area (Å²) in [5, 5.41) is 9.82. The Balaban J connectivity index is 2.00. The average molecular weight is 264 g/mol. The molecule has 2 aromatic rings. The quantitative estimate of drug-likeness (QED) is 0.763. The molecule has 0 aliphatic rings. The van der Waals surface area contributed by atoms with Crippen LogP contribution in [-0.2, 0) is 6.42 Å². The second-order valence-corrected chi connectivity index (χ2v) is 3.65. The zero-order valence-corrected chi connectivity index (χ0v) is 10.9. The van der Waals surface area contributed by atoms with E-state index in [9.17, 15) is 0 Å². The van der Waals surface area contributed by atoms with Gasteiger partial charge in [-0.05, 0) is 6.92 Å². The third-order valence-electron chi connectivity index (χ3n) is 2.39. The Morgan fingerprint density at radius 2 is 1.95 bits per heavy atom. The molecule has 0 spiro atoms. The van der Waals surface area contributed by atoms with Crippen LogP contribution in [0.15, 0.2) is 17.2 Å². The van der Waals surface area contributed by atoms with Crippen LogP contribution in [0, 0.1) is 0 Å². The van der Waals surface area contributed by atoms with Crippen molar-refractivity contribution in [3.05, 3.63) is 18.5 Å². The molecule has 2 rings (SSSR count). The minimum absolute atomic E-state index is 0.576. The second-order valence-electron chi connectivity index (χ2n) is 3.65. The van der Waals surface area contributed by atoms with E-state index < -0.39 is 0 Å². The van der Waals surface area contributed by atoms with E-state index in [-0.39, 0.29) is 0 Å². The molecule has 0 unspecified atom stereocenters. The van der Waals surface area contributed by atoms with E-state index in [0.29, 0.717) is 36.2 Å². The first-order valence-corrected chi connectivity index (χ1v) is 5.97. The summed E-state index contributed by atoms with van der Waals surface area (Å²) in [6, 6.07) is 0. The number of ether oxygens (including phenoxy) is 1. The van der Waals surface area contributed by atoms with Gasteiger partial charge in [0.1, 0.15) is 6.33 Å². The SMILES string of the molecule is CCNc1ncnc(NCCc2ncno2)c1OC. The molecule has 0 saturated heterocycles. The van der Waals surface area contributed by atoms with E-state index in [2.05, 4.69) is 30.7 Å². The smallest absolute Gasteiger partial charge is 0.228 e. The van der Waals surface area contributed by atoms with E-state index in [1.54, 1.807) is 7.11 Å². The van der Waals surface area contributed by atoms with Gasteiger partial charge in [0.2, 0.25) is 11.6 Å². The molecule has 2 heterocycles. The summed E-state index contributed by atoms with van der Waals surface area (Å²) < 4.78 is 10.2. The molecule has 0 fully saturated rings. The summed E-state index contributed by atoms with van der Waals surface area (Å²) >= 11 is 0. The highest BCUT2D eigenvalue weighted by molar-refractivity contribution is 5.63. The Morgan fingerprint density at radius 3 is 2.58 bits per heavy atom. The minimum Gasteiger partial charge on any atom is -0.490 e. The number of hydrogen-bond donors (Lipinski definition) is 2. The van der Waals surface area contributed by atoms with Crippen molar-refractivity contribution in [1.29, 1.82) is 0 Å². The molecule has 2 aromatic heterocycles. The first-order valence-electron chi connectivity index (χ1n) is 5.97. The van der Waals surface area contributed by atoms with Crippen molar-refractivity contribution in [2.45, 2.75) is 13.3 Å². The molecular formula is C11H16N6O2. The van der Waals surface area contributed by atoms with Crippen LogP contribution in [0.25, 0.3) is 0 Å². The van der Waals surface area contributed by atoms with E-state index >= 15 is 0 Å². The Morgan fingerprint density at radius 1 is 1.16 bits per heavy atom. The topological polar surface area (TPSA) is 98.0 Å². The van der Waals surface area contributed by atoms with Gasteiger partial charge in [0.25, 0.3) is 0 Å². The molecule has 8 heteroatoms. The highest BCUT2D eigenvalue weighted by Gasteiger charge is 2.11. The predicted octanol–water partition coefficient (Wildman–Crippen LogP) is 0.955. The Hall–Kier alpha value is -2.38. The molecule has 0 aliphatic carbocycles. The summed E-state index contributed by atoms with van der Waals surface area (Å²) in [6.07, 6.45) is 3.48. The van der Waals surface area contributed by atoms with Crippen LogP contribution in [0.5, 0.6) is 5.75 Å². The molecule has 0 amide bonds. The lowest BCUT2D eigenvalue weighted by atomic mass is 10.4. The summed E-state index contributed by atoms with van der Waals surface area (Å²) in [5.41, 5.74) is 0. The third kappa shape index (κ3) is 3.30. The second kappa shape index (κ2) is 6.53. The molecule has 19 heavy (non-hydrogen) atoms. The number of rotatable bonds is 7. The maximum Gasteiger partial charge on any atom is 0.228 e. The number of methoxy groups -OCH3 is 1. The summed E-state index contributed by atoms with van der Waals surface area (Å²) in [6.45, 7) is 3.36. The zero-order chi connectivity index (χ0) is 13.5. The maximum atomic E-state index is 5.32. The summed E-state index contributed by atoms with van der Waals surface area (Å²) in [7, 11) is 1.59. The fourth-order valence-corrected chi connectivity index (χ4v) is 1.58. The Bertz CT molecular complexity index is 502. The fourth-order valence-electron chi connectivity index (χ4n) is 1.58. The largest absolute Gasteiger partial charge is 0.490 e. The van der Waals surface area contributed by atoms with Gasteiger partial charge in [0.05, 0.1) is 7.11 Å². The molecule has 0 aromatic carbocycles. The molecule has 2 N–H and O–H groups in total. The molecule has 102 valence electrons. The van der Waals surface area contributed by atoms with Gasteiger partial charge in [0.15, 0.2) is 18.0 Å². The van der Waals surface area contributed by atoms with Gasteiger partial charge in [-0.2, -0.15) is 4.98 Å². The van der Waals surface area contributed by atoms with Gasteiger partial charge in [0, 0.05) is 19.5 Å². The van der Waals surface area contributed by atoms with Gasteiger partial charge >= 0.3 is 0 Å². The molecule has 0 aliphatic heterocycles. The summed E-state index contributed by atoms with van der Waals surface area (Å²) in [4.78, 5) is 12.2. The Kier molecular flexibility index (Phi) is 4.49. The van der Waals surface area contributed by atoms with Crippen molar-refractivity contribution in [2.75, 3.05) is 30.8 Å². The normalized spacial score (nSPS) is 10.2. The van der Waals surface area contributed by atoms with Gasteiger partial charge in [-0.15, -0.1) is 0 Å². The van der Waals surface area contributed by atoms with Crippen LogP contribution in [0.2, 0.25) is 0 Å². The standard InChI is InChI=1S/C11H16N6O2/c1-3-12-10-9(18-2)11(16-6-15-10)13-5-4-8-14-7-17-19-8/h6-7H,3-5H2,1-2H3,(H2,12,13,15,16). The number of hydrogen-bond acceptors (Lipinski definition) is 8. The molecule has 8 nitrogen and oxygen atoms in total. The number of nitrogens with one attached hydrogen (secondary N) is 2. The molecule has 0 bridgehead atoms. The number of anilines is 2. The van der Waals surface area contributed by atoms with Crippen molar-refractivity contribution < 1.29 is 9.26 Å². The van der Waals surface area contributed by atoms with E-state index in [4.69, 9.17) is 9.26 Å². The van der Waals surface area contributed by atoms with E-state index in [1.165, 1.54) is 12.7 Å². The highest BCUT2D eigenvalue weighted by Crippen LogP contribution is 2.28. The maximum absolute atomic E-state index is 5.32. The van der Waals surface area contributed by atoms with Crippen molar-refractivity contribution in [1.82, 2.24) is 20.1 Å². The lowest BCUT2D eigenvalue weighted by Crippen LogP contribution is -2.10. The van der Waals surface area contributed by atoms with Crippen LogP contribution in [0.3, 0.4) is 0 Å². The highest BCUT2D eigenvalue weighted by atomic mass is 16.5. The van der Waals surface area contributed by atoms with Crippen molar-refractivity contribution >= 4 is 11.6 Å².